The van der Waals surface area contributed by atoms with Crippen LogP contribution in [0.2, 0.25) is 5.15 Å². The van der Waals surface area contributed by atoms with Gasteiger partial charge in [-0.2, -0.15) is 4.72 Å². The first-order valence-corrected chi connectivity index (χ1v) is 8.36. The van der Waals surface area contributed by atoms with E-state index in [4.69, 9.17) is 11.6 Å². The number of imidazole rings is 2. The lowest BCUT2D eigenvalue weighted by molar-refractivity contribution is 0.556. The van der Waals surface area contributed by atoms with Crippen molar-refractivity contribution in [1.29, 1.82) is 0 Å². The van der Waals surface area contributed by atoms with E-state index in [9.17, 15) is 8.42 Å². The lowest BCUT2D eigenvalue weighted by Crippen LogP contribution is -2.28. The van der Waals surface area contributed by atoms with Gasteiger partial charge in [-0.3, -0.25) is 4.40 Å². The topological polar surface area (TPSA) is 92.2 Å². The minimum atomic E-state index is -3.80. The van der Waals surface area contributed by atoms with Gasteiger partial charge in [0, 0.05) is 24.0 Å². The number of sulfonamides is 1. The molecule has 0 fully saturated rings. The first-order chi connectivity index (χ1) is 9.49. The van der Waals surface area contributed by atoms with Crippen LogP contribution in [0.1, 0.15) is 18.8 Å². The molecule has 3 aromatic rings. The molecule has 0 radical (unpaired) electrons. The zero-order valence-electron chi connectivity index (χ0n) is 10.2. The quantitative estimate of drug-likeness (QED) is 0.762. The second kappa shape index (κ2) is 4.85. The average molecular weight is 332 g/mol. The Kier molecular flexibility index (Phi) is 3.28. The van der Waals surface area contributed by atoms with Gasteiger partial charge in [-0.15, -0.1) is 11.3 Å². The molecule has 10 heteroatoms. The second-order valence-corrected chi connectivity index (χ2v) is 6.94. The van der Waals surface area contributed by atoms with Crippen LogP contribution in [0.15, 0.2) is 29.0 Å². The minimum Gasteiger partial charge on any atom is -0.347 e. The fraction of sp³-hybridized carbons (Fsp3) is 0.200. The summed E-state index contributed by atoms with van der Waals surface area (Å²) in [5.41, 5.74) is 0. The Hall–Kier alpha value is -1.42. The summed E-state index contributed by atoms with van der Waals surface area (Å²) in [6, 6.07) is -0.504. The van der Waals surface area contributed by atoms with E-state index in [1.807, 2.05) is 0 Å². The van der Waals surface area contributed by atoms with Crippen LogP contribution in [0.25, 0.3) is 4.96 Å². The molecule has 106 valence electrons. The summed E-state index contributed by atoms with van der Waals surface area (Å²) in [5.74, 6) is 0.524. The van der Waals surface area contributed by atoms with Gasteiger partial charge in [0.05, 0.1) is 6.04 Å². The van der Waals surface area contributed by atoms with Crippen LogP contribution in [0, 0.1) is 0 Å². The molecule has 0 saturated carbocycles. The molecule has 0 bridgehead atoms. The van der Waals surface area contributed by atoms with Crippen molar-refractivity contribution in [3.63, 3.8) is 0 Å². The van der Waals surface area contributed by atoms with Crippen LogP contribution in [0.3, 0.4) is 0 Å². The number of H-pyrrole nitrogens is 1. The maximum absolute atomic E-state index is 12.4. The predicted octanol–water partition coefficient (Wildman–Crippen LogP) is 1.81. The van der Waals surface area contributed by atoms with Gasteiger partial charge in [-0.25, -0.2) is 18.4 Å². The number of hydrogen-bond donors (Lipinski definition) is 2. The third-order valence-electron chi connectivity index (χ3n) is 2.69. The van der Waals surface area contributed by atoms with Crippen molar-refractivity contribution < 1.29 is 8.42 Å². The van der Waals surface area contributed by atoms with Crippen molar-refractivity contribution in [1.82, 2.24) is 24.1 Å². The molecule has 1 atom stereocenters. The van der Waals surface area contributed by atoms with E-state index in [-0.39, 0.29) is 10.2 Å². The largest absolute Gasteiger partial charge is 0.347 e. The Morgan fingerprint density at radius 1 is 1.55 bits per heavy atom. The number of halogens is 1. The number of nitrogens with zero attached hydrogens (tertiary/aromatic N) is 3. The van der Waals surface area contributed by atoms with Crippen LogP contribution in [0.5, 0.6) is 0 Å². The number of aromatic nitrogens is 4. The molecule has 20 heavy (non-hydrogen) atoms. The Morgan fingerprint density at radius 3 is 3.05 bits per heavy atom. The summed E-state index contributed by atoms with van der Waals surface area (Å²) in [7, 11) is -3.80. The van der Waals surface area contributed by atoms with Crippen LogP contribution in [-0.2, 0) is 10.0 Å². The molecular formula is C10H10ClN5O2S2. The molecule has 0 aliphatic rings. The van der Waals surface area contributed by atoms with Gasteiger partial charge in [-0.1, -0.05) is 11.6 Å². The van der Waals surface area contributed by atoms with E-state index in [1.165, 1.54) is 15.7 Å². The molecule has 3 heterocycles. The summed E-state index contributed by atoms with van der Waals surface area (Å²) in [5, 5.41) is 1.64. The Morgan fingerprint density at radius 2 is 2.35 bits per heavy atom. The molecule has 3 rings (SSSR count). The van der Waals surface area contributed by atoms with E-state index in [2.05, 4.69) is 19.7 Å². The lowest BCUT2D eigenvalue weighted by atomic mass is 10.3. The first-order valence-electron chi connectivity index (χ1n) is 5.61. The molecule has 0 aliphatic carbocycles. The van der Waals surface area contributed by atoms with Crippen molar-refractivity contribution in [3.05, 3.63) is 34.9 Å². The van der Waals surface area contributed by atoms with E-state index >= 15 is 0 Å². The van der Waals surface area contributed by atoms with E-state index < -0.39 is 16.1 Å². The average Bonchev–Trinajstić information content (AvgIpc) is 3.01. The number of aromatic amines is 1. The SMILES string of the molecule is CC(NS(=O)(=O)c1c(Cl)nc2sccn12)c1ncc[nH]1. The van der Waals surface area contributed by atoms with Crippen LogP contribution in [-0.4, -0.2) is 27.8 Å². The zero-order valence-corrected chi connectivity index (χ0v) is 12.6. The van der Waals surface area contributed by atoms with Crippen molar-refractivity contribution in [3.8, 4) is 0 Å². The third kappa shape index (κ3) is 2.22. The van der Waals surface area contributed by atoms with Crippen molar-refractivity contribution >= 4 is 37.9 Å². The number of nitrogens with one attached hydrogen (secondary N) is 2. The monoisotopic (exact) mass is 331 g/mol. The Bertz CT molecular complexity index is 836. The van der Waals surface area contributed by atoms with Gasteiger partial charge in [-0.05, 0) is 6.92 Å². The fourth-order valence-electron chi connectivity index (χ4n) is 1.84. The lowest BCUT2D eigenvalue weighted by Gasteiger charge is -2.11. The molecule has 0 aliphatic heterocycles. The smallest absolute Gasteiger partial charge is 0.260 e. The zero-order chi connectivity index (χ0) is 14.3. The highest BCUT2D eigenvalue weighted by Gasteiger charge is 2.27. The Labute approximate surface area is 123 Å². The predicted molar refractivity (Wildman–Crippen MR) is 75.4 cm³/mol. The molecule has 0 aromatic carbocycles. The maximum Gasteiger partial charge on any atom is 0.260 e. The number of thiazole rings is 1. The number of rotatable bonds is 4. The molecule has 0 amide bonds. The summed E-state index contributed by atoms with van der Waals surface area (Å²) in [6.07, 6.45) is 4.80. The fourth-order valence-corrected chi connectivity index (χ4v) is 4.50. The highest BCUT2D eigenvalue weighted by molar-refractivity contribution is 7.89. The van der Waals surface area contributed by atoms with Crippen molar-refractivity contribution in [2.45, 2.75) is 18.0 Å². The summed E-state index contributed by atoms with van der Waals surface area (Å²) in [4.78, 5) is 11.4. The molecule has 1 unspecified atom stereocenters. The standard InChI is InChI=1S/C10H10ClN5O2S2/c1-6(8-12-2-3-13-8)15-20(17,18)9-7(11)14-10-16(9)4-5-19-10/h2-6,15H,1H3,(H,12,13). The number of hydrogen-bond acceptors (Lipinski definition) is 5. The molecule has 0 saturated heterocycles. The van der Waals surface area contributed by atoms with Crippen LogP contribution < -0.4 is 4.72 Å². The molecule has 3 aromatic heterocycles. The second-order valence-electron chi connectivity index (χ2n) is 4.08. The molecule has 0 spiro atoms. The van der Waals surface area contributed by atoms with Crippen LogP contribution in [0.4, 0.5) is 0 Å². The molecule has 7 nitrogen and oxygen atoms in total. The van der Waals surface area contributed by atoms with Gasteiger partial charge in [0.15, 0.2) is 15.1 Å². The van der Waals surface area contributed by atoms with Gasteiger partial charge in [0.25, 0.3) is 10.0 Å². The van der Waals surface area contributed by atoms with Gasteiger partial charge in [0.2, 0.25) is 0 Å². The number of fused-ring (bicyclic) bond motifs is 1. The van der Waals surface area contributed by atoms with Crippen LogP contribution >= 0.6 is 22.9 Å². The van der Waals surface area contributed by atoms with Crippen molar-refractivity contribution in [2.24, 2.45) is 0 Å². The van der Waals surface area contributed by atoms with Gasteiger partial charge >= 0.3 is 0 Å². The summed E-state index contributed by atoms with van der Waals surface area (Å²) >= 11 is 7.25. The van der Waals surface area contributed by atoms with E-state index in [0.717, 1.165) is 0 Å². The highest BCUT2D eigenvalue weighted by atomic mass is 35.5. The van der Waals surface area contributed by atoms with E-state index in [0.29, 0.717) is 10.8 Å². The normalized spacial score (nSPS) is 13.9. The van der Waals surface area contributed by atoms with Gasteiger partial charge in [0.1, 0.15) is 5.82 Å². The minimum absolute atomic E-state index is 0.0454. The van der Waals surface area contributed by atoms with E-state index in [1.54, 1.807) is 30.9 Å². The van der Waals surface area contributed by atoms with Crippen molar-refractivity contribution in [2.75, 3.05) is 0 Å². The van der Waals surface area contributed by atoms with Gasteiger partial charge < -0.3 is 4.98 Å². The third-order valence-corrected chi connectivity index (χ3v) is 5.39. The maximum atomic E-state index is 12.4. The first kappa shape index (κ1) is 13.6. The summed E-state index contributed by atoms with van der Waals surface area (Å²) in [6.45, 7) is 1.69. The molecular weight excluding hydrogens is 322 g/mol. The molecule has 2 N–H and O–H groups in total. The summed E-state index contributed by atoms with van der Waals surface area (Å²) < 4.78 is 28.8. The Balaban J connectivity index is 2.00. The highest BCUT2D eigenvalue weighted by Crippen LogP contribution is 2.26.